The van der Waals surface area contributed by atoms with Crippen LogP contribution in [0.4, 0.5) is 5.69 Å². The van der Waals surface area contributed by atoms with Crippen molar-refractivity contribution >= 4 is 17.6 Å². The second-order valence-electron chi connectivity index (χ2n) is 4.71. The Labute approximate surface area is 133 Å². The lowest BCUT2D eigenvalue weighted by Gasteiger charge is -2.13. The molecule has 0 aromatic heterocycles. The number of hydrogen-bond donors (Lipinski definition) is 1. The van der Waals surface area contributed by atoms with Crippen molar-refractivity contribution in [3.63, 3.8) is 0 Å². The van der Waals surface area contributed by atoms with Gasteiger partial charge in [-0.15, -0.1) is 0 Å². The van der Waals surface area contributed by atoms with Gasteiger partial charge >= 0.3 is 11.7 Å². The minimum Gasteiger partial charge on any atom is -0.487 e. The lowest BCUT2D eigenvalue weighted by Crippen LogP contribution is -2.36. The standard InChI is InChI=1S/C15H20N2O6/c1-4-8-16-14(18)10(3)23-15(19)11-6-7-13(22-5-2)12(9-11)17(20)21/h6-7,9-10H,4-5,8H2,1-3H3,(H,16,18). The van der Waals surface area contributed by atoms with Gasteiger partial charge in [-0.3, -0.25) is 14.9 Å². The first-order chi connectivity index (χ1) is 10.9. The summed E-state index contributed by atoms with van der Waals surface area (Å²) >= 11 is 0. The molecular weight excluding hydrogens is 304 g/mol. The molecule has 0 radical (unpaired) electrons. The molecule has 0 bridgehead atoms. The van der Waals surface area contributed by atoms with Gasteiger partial charge in [-0.2, -0.15) is 0 Å². The molecule has 0 saturated heterocycles. The van der Waals surface area contributed by atoms with Crippen molar-refractivity contribution in [3.05, 3.63) is 33.9 Å². The fraction of sp³-hybridized carbons (Fsp3) is 0.467. The van der Waals surface area contributed by atoms with Gasteiger partial charge in [0, 0.05) is 12.6 Å². The summed E-state index contributed by atoms with van der Waals surface area (Å²) < 4.78 is 10.2. The number of carbonyl (C=O) groups is 2. The molecule has 0 aliphatic rings. The SMILES string of the molecule is CCCNC(=O)C(C)OC(=O)c1ccc(OCC)c([N+](=O)[O-])c1. The molecule has 23 heavy (non-hydrogen) atoms. The lowest BCUT2D eigenvalue weighted by molar-refractivity contribution is -0.385. The van der Waals surface area contributed by atoms with Crippen LogP contribution >= 0.6 is 0 Å². The molecule has 1 aromatic carbocycles. The number of carbonyl (C=O) groups excluding carboxylic acids is 2. The van der Waals surface area contributed by atoms with E-state index in [1.165, 1.54) is 19.1 Å². The number of ether oxygens (including phenoxy) is 2. The van der Waals surface area contributed by atoms with Gasteiger partial charge in [-0.05, 0) is 32.4 Å². The molecule has 1 aromatic rings. The van der Waals surface area contributed by atoms with Crippen LogP contribution in [0.5, 0.6) is 5.75 Å². The molecule has 0 fully saturated rings. The van der Waals surface area contributed by atoms with Crippen molar-refractivity contribution in [2.75, 3.05) is 13.2 Å². The van der Waals surface area contributed by atoms with E-state index in [0.29, 0.717) is 6.54 Å². The van der Waals surface area contributed by atoms with Gasteiger partial charge < -0.3 is 14.8 Å². The highest BCUT2D eigenvalue weighted by Gasteiger charge is 2.22. The number of hydrogen-bond acceptors (Lipinski definition) is 6. The van der Waals surface area contributed by atoms with Crippen molar-refractivity contribution in [1.82, 2.24) is 5.32 Å². The maximum Gasteiger partial charge on any atom is 0.339 e. The van der Waals surface area contributed by atoms with E-state index < -0.39 is 22.9 Å². The number of rotatable bonds is 8. The molecule has 1 atom stereocenters. The Balaban J connectivity index is 2.85. The number of nitrogens with zero attached hydrogens (tertiary/aromatic N) is 1. The monoisotopic (exact) mass is 324 g/mol. The van der Waals surface area contributed by atoms with E-state index in [-0.39, 0.29) is 23.6 Å². The molecule has 0 saturated carbocycles. The van der Waals surface area contributed by atoms with E-state index in [9.17, 15) is 19.7 Å². The smallest absolute Gasteiger partial charge is 0.339 e. The molecule has 126 valence electrons. The minimum atomic E-state index is -0.986. The Kier molecular flexibility index (Phi) is 6.98. The molecule has 0 aliphatic carbocycles. The molecule has 0 aliphatic heterocycles. The summed E-state index contributed by atoms with van der Waals surface area (Å²) in [6, 6.07) is 3.76. The predicted octanol–water partition coefficient (Wildman–Crippen LogP) is 2.06. The zero-order valence-corrected chi connectivity index (χ0v) is 13.3. The fourth-order valence-electron chi connectivity index (χ4n) is 1.74. The van der Waals surface area contributed by atoms with E-state index in [1.54, 1.807) is 6.92 Å². The summed E-state index contributed by atoms with van der Waals surface area (Å²) in [4.78, 5) is 34.1. The van der Waals surface area contributed by atoms with E-state index in [2.05, 4.69) is 5.32 Å². The summed E-state index contributed by atoms with van der Waals surface area (Å²) in [5.74, 6) is -1.15. The van der Waals surface area contributed by atoms with Gasteiger partial charge in [0.2, 0.25) is 0 Å². The van der Waals surface area contributed by atoms with Gasteiger partial charge in [-0.25, -0.2) is 4.79 Å². The summed E-state index contributed by atoms with van der Waals surface area (Å²) in [6.07, 6.45) is -0.225. The highest BCUT2D eigenvalue weighted by atomic mass is 16.6. The third kappa shape index (κ3) is 5.24. The second-order valence-corrected chi connectivity index (χ2v) is 4.71. The van der Waals surface area contributed by atoms with Crippen molar-refractivity contribution < 1.29 is 24.0 Å². The molecule has 8 heteroatoms. The maximum atomic E-state index is 12.0. The molecule has 1 amide bonds. The first-order valence-corrected chi connectivity index (χ1v) is 7.30. The van der Waals surface area contributed by atoms with Gasteiger partial charge in [0.1, 0.15) is 0 Å². The number of esters is 1. The maximum absolute atomic E-state index is 12.0. The van der Waals surface area contributed by atoms with Crippen molar-refractivity contribution in [2.45, 2.75) is 33.3 Å². The molecular formula is C15H20N2O6. The van der Waals surface area contributed by atoms with Crippen molar-refractivity contribution in [3.8, 4) is 5.75 Å². The third-order valence-electron chi connectivity index (χ3n) is 2.89. The molecule has 1 N–H and O–H groups in total. The average molecular weight is 324 g/mol. The normalized spacial score (nSPS) is 11.4. The number of nitro benzene ring substituents is 1. The zero-order chi connectivity index (χ0) is 17.4. The summed E-state index contributed by atoms with van der Waals surface area (Å²) in [5.41, 5.74) is -0.348. The van der Waals surface area contributed by atoms with Crippen LogP contribution in [0.15, 0.2) is 18.2 Å². The number of nitro groups is 1. The van der Waals surface area contributed by atoms with Crippen LogP contribution in [0.2, 0.25) is 0 Å². The zero-order valence-electron chi connectivity index (χ0n) is 13.3. The van der Waals surface area contributed by atoms with Crippen LogP contribution in [0.25, 0.3) is 0 Å². The summed E-state index contributed by atoms with van der Waals surface area (Å²) in [6.45, 7) is 5.78. The van der Waals surface area contributed by atoms with Crippen LogP contribution in [0.3, 0.4) is 0 Å². The van der Waals surface area contributed by atoms with Crippen LogP contribution in [-0.2, 0) is 9.53 Å². The quantitative estimate of drug-likeness (QED) is 0.445. The van der Waals surface area contributed by atoms with Gasteiger partial charge in [-0.1, -0.05) is 6.92 Å². The highest BCUT2D eigenvalue weighted by Crippen LogP contribution is 2.28. The Morgan fingerprint density at radius 1 is 1.35 bits per heavy atom. The molecule has 1 rings (SSSR count). The van der Waals surface area contributed by atoms with E-state index in [0.717, 1.165) is 12.5 Å². The Hall–Kier alpha value is -2.64. The Morgan fingerprint density at radius 2 is 2.04 bits per heavy atom. The van der Waals surface area contributed by atoms with Crippen LogP contribution in [0, 0.1) is 10.1 Å². The van der Waals surface area contributed by atoms with Gasteiger partial charge in [0.05, 0.1) is 17.1 Å². The van der Waals surface area contributed by atoms with Crippen molar-refractivity contribution in [2.24, 2.45) is 0 Å². The molecule has 1 unspecified atom stereocenters. The van der Waals surface area contributed by atoms with Crippen LogP contribution in [-0.4, -0.2) is 36.1 Å². The van der Waals surface area contributed by atoms with Crippen LogP contribution in [0.1, 0.15) is 37.6 Å². The Morgan fingerprint density at radius 3 is 2.61 bits per heavy atom. The van der Waals surface area contributed by atoms with E-state index >= 15 is 0 Å². The first-order valence-electron chi connectivity index (χ1n) is 7.30. The Bertz CT molecular complexity index is 587. The number of benzene rings is 1. The van der Waals surface area contributed by atoms with Crippen LogP contribution < -0.4 is 10.1 Å². The van der Waals surface area contributed by atoms with Gasteiger partial charge in [0.15, 0.2) is 11.9 Å². The van der Waals surface area contributed by atoms with Crippen molar-refractivity contribution in [1.29, 1.82) is 0 Å². The molecule has 0 heterocycles. The molecule has 0 spiro atoms. The largest absolute Gasteiger partial charge is 0.487 e. The lowest BCUT2D eigenvalue weighted by atomic mass is 10.2. The predicted molar refractivity (Wildman–Crippen MR) is 82.4 cm³/mol. The summed E-state index contributed by atoms with van der Waals surface area (Å²) in [5, 5.41) is 13.6. The number of amides is 1. The van der Waals surface area contributed by atoms with E-state index in [4.69, 9.17) is 9.47 Å². The summed E-state index contributed by atoms with van der Waals surface area (Å²) in [7, 11) is 0. The minimum absolute atomic E-state index is 0.0182. The average Bonchev–Trinajstić information content (AvgIpc) is 2.52. The van der Waals surface area contributed by atoms with E-state index in [1.807, 2.05) is 6.92 Å². The highest BCUT2D eigenvalue weighted by molar-refractivity contribution is 5.93. The van der Waals surface area contributed by atoms with Gasteiger partial charge in [0.25, 0.3) is 5.91 Å². The molecule has 8 nitrogen and oxygen atoms in total. The fourth-order valence-corrected chi connectivity index (χ4v) is 1.74. The third-order valence-corrected chi connectivity index (χ3v) is 2.89. The number of nitrogens with one attached hydrogen (secondary N) is 1. The first kappa shape index (κ1) is 18.4. The topological polar surface area (TPSA) is 108 Å². The second kappa shape index (κ2) is 8.72.